The van der Waals surface area contributed by atoms with Gasteiger partial charge >= 0.3 is 6.09 Å². The van der Waals surface area contributed by atoms with E-state index in [1.165, 1.54) is 30.1 Å². The van der Waals surface area contributed by atoms with Gasteiger partial charge in [-0.1, -0.05) is 29.8 Å². The van der Waals surface area contributed by atoms with Gasteiger partial charge in [-0.25, -0.2) is 13.6 Å². The minimum absolute atomic E-state index is 0.160. The molecule has 0 unspecified atom stereocenters. The molecule has 0 heterocycles. The lowest BCUT2D eigenvalue weighted by Crippen LogP contribution is -2.49. The van der Waals surface area contributed by atoms with E-state index in [-0.39, 0.29) is 28.3 Å². The predicted octanol–water partition coefficient (Wildman–Crippen LogP) is 4.85. The smallest absolute Gasteiger partial charge is 0.410 e. The molecule has 0 aliphatic heterocycles. The van der Waals surface area contributed by atoms with Gasteiger partial charge in [-0.2, -0.15) is 5.26 Å². The first-order valence-electron chi connectivity index (χ1n) is 9.72. The number of nitrogens with zero attached hydrogens (tertiary/aromatic N) is 2. The van der Waals surface area contributed by atoms with Gasteiger partial charge in [-0.05, 0) is 48.0 Å². The number of carbonyl (C=O) groups excluding carboxylic acids is 2. The van der Waals surface area contributed by atoms with Gasteiger partial charge in [-0.15, -0.1) is 0 Å². The van der Waals surface area contributed by atoms with Crippen LogP contribution in [-0.2, 0) is 11.2 Å². The molecule has 9 heteroatoms. The largest absolute Gasteiger partial charge is 0.413 e. The summed E-state index contributed by atoms with van der Waals surface area (Å²) in [5.41, 5.74) is 0.664. The van der Waals surface area contributed by atoms with Gasteiger partial charge in [0.2, 0.25) is 5.91 Å². The van der Waals surface area contributed by atoms with Crippen LogP contribution in [0.3, 0.4) is 0 Å². The van der Waals surface area contributed by atoms with Gasteiger partial charge in [0.25, 0.3) is 0 Å². The number of hydrogen-bond donors (Lipinski definition) is 1. The van der Waals surface area contributed by atoms with Crippen LogP contribution in [0.5, 0.6) is 5.75 Å². The average molecular weight is 470 g/mol. The Bertz CT molecular complexity index is 1200. The molecule has 3 aromatic rings. The number of hydrogen-bond acceptors (Lipinski definition) is 4. The summed E-state index contributed by atoms with van der Waals surface area (Å²) in [5, 5.41) is 11.9. The number of likely N-dealkylation sites (N-methyl/N-ethyl adjacent to an activating group) is 1. The molecule has 0 saturated carbocycles. The Hall–Kier alpha value is -3.96. The molecule has 2 amide bonds. The number of benzene rings is 3. The van der Waals surface area contributed by atoms with Crippen LogP contribution in [0.4, 0.5) is 19.3 Å². The number of rotatable bonds is 6. The third-order valence-electron chi connectivity index (χ3n) is 4.69. The van der Waals surface area contributed by atoms with Gasteiger partial charge < -0.3 is 15.0 Å². The highest BCUT2D eigenvalue weighted by Crippen LogP contribution is 2.23. The second-order valence-electron chi connectivity index (χ2n) is 7.05. The molecule has 6 nitrogen and oxygen atoms in total. The van der Waals surface area contributed by atoms with E-state index >= 15 is 0 Å². The number of nitriles is 1. The summed E-state index contributed by atoms with van der Waals surface area (Å²) in [4.78, 5) is 26.9. The van der Waals surface area contributed by atoms with Crippen LogP contribution >= 0.6 is 11.6 Å². The first-order chi connectivity index (χ1) is 15.8. The average Bonchev–Trinajstić information content (AvgIpc) is 2.78. The van der Waals surface area contributed by atoms with Crippen molar-refractivity contribution in [2.45, 2.75) is 12.5 Å². The van der Waals surface area contributed by atoms with E-state index < -0.39 is 29.7 Å². The summed E-state index contributed by atoms with van der Waals surface area (Å²) in [6, 6.07) is 16.2. The fourth-order valence-electron chi connectivity index (χ4n) is 3.10. The third-order valence-corrected chi connectivity index (χ3v) is 5.02. The zero-order valence-corrected chi connectivity index (χ0v) is 18.1. The molecule has 33 heavy (non-hydrogen) atoms. The summed E-state index contributed by atoms with van der Waals surface area (Å²) in [6.45, 7) is 0. The van der Waals surface area contributed by atoms with Crippen LogP contribution in [0.25, 0.3) is 0 Å². The Kier molecular flexibility index (Phi) is 7.59. The molecule has 1 atom stereocenters. The summed E-state index contributed by atoms with van der Waals surface area (Å²) in [5.74, 6) is -1.97. The van der Waals surface area contributed by atoms with Crippen LogP contribution in [-0.4, -0.2) is 25.1 Å². The minimum atomic E-state index is -1.23. The van der Waals surface area contributed by atoms with Crippen LogP contribution in [0, 0.1) is 23.0 Å². The van der Waals surface area contributed by atoms with Crippen molar-refractivity contribution in [2.75, 3.05) is 11.9 Å². The number of anilines is 1. The van der Waals surface area contributed by atoms with Crippen molar-refractivity contribution in [2.24, 2.45) is 0 Å². The number of carbonyl (C=O) groups is 2. The van der Waals surface area contributed by atoms with Crippen LogP contribution < -0.4 is 15.0 Å². The zero-order chi connectivity index (χ0) is 24.0. The van der Waals surface area contributed by atoms with E-state index in [0.29, 0.717) is 11.8 Å². The third kappa shape index (κ3) is 6.28. The first-order valence-corrected chi connectivity index (χ1v) is 10.1. The maximum absolute atomic E-state index is 13.7. The van der Waals surface area contributed by atoms with Gasteiger partial charge in [0.05, 0.1) is 10.6 Å². The van der Waals surface area contributed by atoms with Gasteiger partial charge in [-0.3, -0.25) is 4.79 Å². The van der Waals surface area contributed by atoms with Crippen molar-refractivity contribution in [1.29, 1.82) is 5.26 Å². The summed E-state index contributed by atoms with van der Waals surface area (Å²) in [7, 11) is 1.44. The topological polar surface area (TPSA) is 82.4 Å². The van der Waals surface area contributed by atoms with Crippen LogP contribution in [0.2, 0.25) is 5.02 Å². The molecule has 3 aromatic carbocycles. The lowest BCUT2D eigenvalue weighted by Gasteiger charge is -2.25. The molecule has 0 fully saturated rings. The monoisotopic (exact) mass is 469 g/mol. The molecule has 0 aliphatic rings. The van der Waals surface area contributed by atoms with Crippen molar-refractivity contribution in [3.05, 3.63) is 94.5 Å². The van der Waals surface area contributed by atoms with E-state index in [1.807, 2.05) is 6.07 Å². The van der Waals surface area contributed by atoms with E-state index in [4.69, 9.17) is 16.3 Å². The maximum Gasteiger partial charge on any atom is 0.413 e. The lowest BCUT2D eigenvalue weighted by molar-refractivity contribution is -0.120. The quantitative estimate of drug-likeness (QED) is 0.559. The van der Waals surface area contributed by atoms with Crippen molar-refractivity contribution >= 4 is 29.3 Å². The first kappa shape index (κ1) is 23.7. The number of ether oxygens (including phenoxy) is 1. The molecule has 0 spiro atoms. The molecule has 1 N–H and O–H groups in total. The fourth-order valence-corrected chi connectivity index (χ4v) is 3.26. The Labute approximate surface area is 194 Å². The van der Waals surface area contributed by atoms with Crippen molar-refractivity contribution < 1.29 is 23.1 Å². The summed E-state index contributed by atoms with van der Waals surface area (Å²) >= 11 is 5.96. The fraction of sp³-hybridized carbons (Fsp3) is 0.125. The van der Waals surface area contributed by atoms with E-state index in [1.54, 1.807) is 30.3 Å². The maximum atomic E-state index is 13.7. The number of amides is 2. The van der Waals surface area contributed by atoms with E-state index in [0.717, 1.165) is 12.1 Å². The zero-order valence-electron chi connectivity index (χ0n) is 17.4. The molecule has 168 valence electrons. The molecule has 0 saturated heterocycles. The lowest BCUT2D eigenvalue weighted by atomic mass is 10.0. The highest BCUT2D eigenvalue weighted by Gasteiger charge is 2.27. The molecule has 0 radical (unpaired) electrons. The summed E-state index contributed by atoms with van der Waals surface area (Å²) < 4.78 is 32.6. The van der Waals surface area contributed by atoms with Crippen molar-refractivity contribution in [3.63, 3.8) is 0 Å². The van der Waals surface area contributed by atoms with Gasteiger partial charge in [0.1, 0.15) is 29.5 Å². The van der Waals surface area contributed by atoms with Crippen molar-refractivity contribution in [3.8, 4) is 11.8 Å². The van der Waals surface area contributed by atoms with E-state index in [2.05, 4.69) is 5.32 Å². The normalized spacial score (nSPS) is 11.2. The molecule has 3 rings (SSSR count). The van der Waals surface area contributed by atoms with Crippen molar-refractivity contribution in [1.82, 2.24) is 5.32 Å². The standard InChI is InChI=1S/C24H18ClF2N3O3/c1-30(19-7-8-21(25)16(12-19)14-28)23(31)22(11-15-9-17(26)13-18(27)10-15)29-24(32)33-20-5-3-2-4-6-20/h2-10,12-13,22H,11H2,1H3,(H,29,32)/t22-/m0/s1. The molecular formula is C24H18ClF2N3O3. The number of nitrogens with one attached hydrogen (secondary N) is 1. The van der Waals surface area contributed by atoms with Gasteiger partial charge in [0.15, 0.2) is 0 Å². The highest BCUT2D eigenvalue weighted by atomic mass is 35.5. The molecule has 0 aliphatic carbocycles. The second kappa shape index (κ2) is 10.6. The Morgan fingerprint density at radius 3 is 2.39 bits per heavy atom. The molecule has 0 aromatic heterocycles. The SMILES string of the molecule is CN(C(=O)[C@H](Cc1cc(F)cc(F)c1)NC(=O)Oc1ccccc1)c1ccc(Cl)c(C#N)c1. The molecular weight excluding hydrogens is 452 g/mol. The van der Waals surface area contributed by atoms with Gasteiger partial charge in [0, 0.05) is 25.2 Å². The predicted molar refractivity (Wildman–Crippen MR) is 119 cm³/mol. The highest BCUT2D eigenvalue weighted by molar-refractivity contribution is 6.31. The number of halogens is 3. The Balaban J connectivity index is 1.86. The summed E-state index contributed by atoms with van der Waals surface area (Å²) in [6.07, 6.45) is -1.13. The second-order valence-corrected chi connectivity index (χ2v) is 7.46. The van der Waals surface area contributed by atoms with Crippen LogP contribution in [0.1, 0.15) is 11.1 Å². The minimum Gasteiger partial charge on any atom is -0.410 e. The Morgan fingerprint density at radius 1 is 1.09 bits per heavy atom. The van der Waals surface area contributed by atoms with E-state index in [9.17, 15) is 23.6 Å². The number of para-hydroxylation sites is 1. The molecule has 0 bridgehead atoms. The van der Waals surface area contributed by atoms with Crippen LogP contribution in [0.15, 0.2) is 66.7 Å². The Morgan fingerprint density at radius 2 is 1.76 bits per heavy atom.